The number of carbonyl (C=O) groups is 1. The van der Waals surface area contributed by atoms with Crippen LogP contribution in [0, 0.1) is 0 Å². The third-order valence-corrected chi connectivity index (χ3v) is 3.95. The van der Waals surface area contributed by atoms with Gasteiger partial charge in [-0.1, -0.05) is 11.6 Å². The summed E-state index contributed by atoms with van der Waals surface area (Å²) in [5.74, 6) is 0.661. The van der Waals surface area contributed by atoms with Gasteiger partial charge in [0.25, 0.3) is 0 Å². The lowest BCUT2D eigenvalue weighted by atomic mass is 10.2. The molecule has 0 saturated heterocycles. The Bertz CT molecular complexity index is 726. The molecule has 0 spiro atoms. The smallest absolute Gasteiger partial charge is 0.239 e. The van der Waals surface area contributed by atoms with Gasteiger partial charge in [-0.15, -0.1) is 0 Å². The van der Waals surface area contributed by atoms with E-state index >= 15 is 0 Å². The van der Waals surface area contributed by atoms with Gasteiger partial charge in [-0.05, 0) is 24.3 Å². The van der Waals surface area contributed by atoms with E-state index in [2.05, 4.69) is 5.32 Å². The Morgan fingerprint density at radius 2 is 2.15 bits per heavy atom. The Morgan fingerprint density at radius 1 is 1.40 bits per heavy atom. The Hall–Kier alpha value is -1.83. The monoisotopic (exact) mass is 314 g/mol. The highest BCUT2D eigenvalue weighted by Crippen LogP contribution is 2.27. The van der Waals surface area contributed by atoms with Crippen LogP contribution in [0.2, 0.25) is 5.02 Å². The predicted molar refractivity (Wildman–Crippen MR) is 74.2 cm³/mol. The number of benzene rings is 1. The second-order valence-corrected chi connectivity index (χ2v) is 5.90. The molecule has 0 radical (unpaired) electrons. The maximum Gasteiger partial charge on any atom is 0.239 e. The van der Waals surface area contributed by atoms with Gasteiger partial charge >= 0.3 is 0 Å². The number of hydrogen-bond acceptors (Lipinski definition) is 5. The summed E-state index contributed by atoms with van der Waals surface area (Å²) in [5, 5.41) is 7.90. The van der Waals surface area contributed by atoms with E-state index in [-0.39, 0.29) is 15.5 Å². The molecule has 2 aromatic rings. The van der Waals surface area contributed by atoms with Crippen LogP contribution in [-0.4, -0.2) is 14.7 Å². The molecule has 0 aliphatic heterocycles. The number of carbonyl (C=O) groups excluding carboxylic acids is 1. The second kappa shape index (κ2) is 5.66. The number of primary sulfonamides is 1. The number of sulfonamides is 1. The molecule has 3 N–H and O–H groups in total. The first-order valence-electron chi connectivity index (χ1n) is 5.49. The molecule has 0 unspecified atom stereocenters. The molecule has 0 saturated carbocycles. The van der Waals surface area contributed by atoms with Crippen molar-refractivity contribution in [2.24, 2.45) is 5.14 Å². The Kier molecular flexibility index (Phi) is 4.12. The molecule has 0 amide bonds. The number of nitrogens with one attached hydrogen (secondary N) is 1. The van der Waals surface area contributed by atoms with Crippen LogP contribution < -0.4 is 10.5 Å². The number of halogens is 1. The van der Waals surface area contributed by atoms with Gasteiger partial charge < -0.3 is 9.73 Å². The molecule has 20 heavy (non-hydrogen) atoms. The number of nitrogens with two attached hydrogens (primary N) is 1. The van der Waals surface area contributed by atoms with Gasteiger partial charge in [-0.3, -0.25) is 4.79 Å². The van der Waals surface area contributed by atoms with Crippen LogP contribution in [0.3, 0.4) is 0 Å². The topological polar surface area (TPSA) is 102 Å². The lowest BCUT2D eigenvalue weighted by Crippen LogP contribution is -2.14. The number of anilines is 1. The number of aldehydes is 1. The molecule has 0 bridgehead atoms. The summed E-state index contributed by atoms with van der Waals surface area (Å²) in [5.41, 5.74) is 0.541. The van der Waals surface area contributed by atoms with E-state index in [1.54, 1.807) is 12.1 Å². The molecule has 0 aliphatic carbocycles. The molecular formula is C12H11ClN2O4S. The molecule has 6 nitrogen and oxygen atoms in total. The highest BCUT2D eigenvalue weighted by Gasteiger charge is 2.16. The van der Waals surface area contributed by atoms with Gasteiger partial charge in [0.2, 0.25) is 10.0 Å². The fraction of sp³-hybridized carbons (Fsp3) is 0.0833. The summed E-state index contributed by atoms with van der Waals surface area (Å²) in [6.45, 7) is 0.332. The first-order valence-corrected chi connectivity index (χ1v) is 7.42. The standard InChI is InChI=1S/C12H11ClN2O4S/c13-10-5-11(15-6-9-2-1-3-19-9)8(7-16)4-12(10)20(14,17)18/h1-5,7,15H,6H2,(H2,14,17,18). The van der Waals surface area contributed by atoms with Gasteiger partial charge in [0.05, 0.1) is 17.8 Å². The Morgan fingerprint density at radius 3 is 2.70 bits per heavy atom. The molecule has 0 atom stereocenters. The zero-order valence-electron chi connectivity index (χ0n) is 10.2. The van der Waals surface area contributed by atoms with Crippen molar-refractivity contribution in [1.29, 1.82) is 0 Å². The fourth-order valence-corrected chi connectivity index (χ4v) is 2.74. The first-order chi connectivity index (χ1) is 9.41. The minimum atomic E-state index is -3.98. The molecule has 1 aromatic carbocycles. The summed E-state index contributed by atoms with van der Waals surface area (Å²) in [6, 6.07) is 5.96. The molecule has 2 rings (SSSR count). The average Bonchev–Trinajstić information content (AvgIpc) is 2.88. The van der Waals surface area contributed by atoms with E-state index in [1.165, 1.54) is 12.3 Å². The highest BCUT2D eigenvalue weighted by molar-refractivity contribution is 7.89. The summed E-state index contributed by atoms with van der Waals surface area (Å²) in [4.78, 5) is 10.7. The van der Waals surface area contributed by atoms with E-state index in [1.807, 2.05) is 0 Å². The third kappa shape index (κ3) is 3.19. The SMILES string of the molecule is NS(=O)(=O)c1cc(C=O)c(NCc2ccco2)cc1Cl. The van der Waals surface area contributed by atoms with Crippen molar-refractivity contribution in [2.45, 2.75) is 11.4 Å². The van der Waals surface area contributed by atoms with Gasteiger partial charge in [-0.2, -0.15) is 0 Å². The van der Waals surface area contributed by atoms with Crippen molar-refractivity contribution >= 4 is 33.6 Å². The zero-order chi connectivity index (χ0) is 14.8. The molecule has 106 valence electrons. The van der Waals surface area contributed by atoms with Crippen molar-refractivity contribution in [3.05, 3.63) is 46.9 Å². The van der Waals surface area contributed by atoms with Crippen molar-refractivity contribution < 1.29 is 17.6 Å². The lowest BCUT2D eigenvalue weighted by Gasteiger charge is -2.10. The molecule has 1 heterocycles. The van der Waals surface area contributed by atoms with Crippen LogP contribution in [0.1, 0.15) is 16.1 Å². The number of furan rings is 1. The van der Waals surface area contributed by atoms with E-state index in [0.29, 0.717) is 24.3 Å². The van der Waals surface area contributed by atoms with Gasteiger partial charge in [0.15, 0.2) is 6.29 Å². The maximum absolute atomic E-state index is 11.3. The van der Waals surface area contributed by atoms with Crippen molar-refractivity contribution in [3.63, 3.8) is 0 Å². The molecule has 0 aliphatic rings. The second-order valence-electron chi connectivity index (χ2n) is 3.97. The van der Waals surface area contributed by atoms with Gasteiger partial charge in [0, 0.05) is 11.3 Å². The van der Waals surface area contributed by atoms with E-state index < -0.39 is 10.0 Å². The lowest BCUT2D eigenvalue weighted by molar-refractivity contribution is 0.112. The summed E-state index contributed by atoms with van der Waals surface area (Å²) in [6.07, 6.45) is 2.05. The van der Waals surface area contributed by atoms with Crippen LogP contribution in [0.25, 0.3) is 0 Å². The van der Waals surface area contributed by atoms with Crippen LogP contribution >= 0.6 is 11.6 Å². The van der Waals surface area contributed by atoms with Crippen molar-refractivity contribution in [2.75, 3.05) is 5.32 Å². The summed E-state index contributed by atoms with van der Waals surface area (Å²) < 4.78 is 27.8. The highest BCUT2D eigenvalue weighted by atomic mass is 35.5. The van der Waals surface area contributed by atoms with E-state index in [0.717, 1.165) is 6.07 Å². The predicted octanol–water partition coefficient (Wildman–Crippen LogP) is 2.00. The third-order valence-electron chi connectivity index (χ3n) is 2.57. The minimum Gasteiger partial charge on any atom is -0.467 e. The first kappa shape index (κ1) is 14.6. The number of rotatable bonds is 5. The fourth-order valence-electron chi connectivity index (χ4n) is 1.63. The van der Waals surface area contributed by atoms with Crippen LogP contribution in [0.4, 0.5) is 5.69 Å². The molecular weight excluding hydrogens is 304 g/mol. The molecule has 1 aromatic heterocycles. The van der Waals surface area contributed by atoms with Crippen LogP contribution in [-0.2, 0) is 16.6 Å². The summed E-state index contributed by atoms with van der Waals surface area (Å²) in [7, 11) is -3.98. The Balaban J connectivity index is 2.34. The van der Waals surface area contributed by atoms with Gasteiger partial charge in [0.1, 0.15) is 10.7 Å². The van der Waals surface area contributed by atoms with Crippen LogP contribution in [0.15, 0.2) is 39.8 Å². The van der Waals surface area contributed by atoms with Crippen molar-refractivity contribution in [3.8, 4) is 0 Å². The zero-order valence-corrected chi connectivity index (χ0v) is 11.7. The maximum atomic E-state index is 11.3. The quantitative estimate of drug-likeness (QED) is 0.822. The summed E-state index contributed by atoms with van der Waals surface area (Å²) >= 11 is 5.87. The van der Waals surface area contributed by atoms with E-state index in [4.69, 9.17) is 21.2 Å². The molecule has 8 heteroatoms. The normalized spacial score (nSPS) is 11.3. The van der Waals surface area contributed by atoms with E-state index in [9.17, 15) is 13.2 Å². The largest absolute Gasteiger partial charge is 0.467 e. The Labute approximate surface area is 120 Å². The number of hydrogen-bond donors (Lipinski definition) is 2. The molecule has 0 fully saturated rings. The van der Waals surface area contributed by atoms with Crippen molar-refractivity contribution in [1.82, 2.24) is 0 Å². The van der Waals surface area contributed by atoms with Crippen LogP contribution in [0.5, 0.6) is 0 Å². The minimum absolute atomic E-state index is 0.0555. The van der Waals surface area contributed by atoms with Gasteiger partial charge in [-0.25, -0.2) is 13.6 Å². The average molecular weight is 315 g/mol.